The Bertz CT molecular complexity index is 1320. The Morgan fingerprint density at radius 2 is 2.18 bits per heavy atom. The molecular weight excluding hydrogens is 358 g/mol. The van der Waals surface area contributed by atoms with E-state index < -0.39 is 5.91 Å². The fourth-order valence-electron chi connectivity index (χ4n) is 3.04. The van der Waals surface area contributed by atoms with Crippen LogP contribution >= 0.6 is 0 Å². The third-order valence-corrected chi connectivity index (χ3v) is 4.38. The van der Waals surface area contributed by atoms with Crippen LogP contribution in [0.2, 0.25) is 0 Å². The van der Waals surface area contributed by atoms with Crippen molar-refractivity contribution in [1.29, 1.82) is 5.41 Å². The van der Waals surface area contributed by atoms with Crippen LogP contribution in [0, 0.1) is 5.41 Å². The average molecular weight is 375 g/mol. The minimum atomic E-state index is -0.473. The summed E-state index contributed by atoms with van der Waals surface area (Å²) in [7, 11) is 0. The van der Waals surface area contributed by atoms with Crippen molar-refractivity contribution in [3.05, 3.63) is 88.7 Å². The summed E-state index contributed by atoms with van der Waals surface area (Å²) in [6.45, 7) is 4.13. The van der Waals surface area contributed by atoms with Gasteiger partial charge in [-0.15, -0.1) is 6.58 Å². The van der Waals surface area contributed by atoms with Gasteiger partial charge in [0.15, 0.2) is 0 Å². The lowest BCUT2D eigenvalue weighted by molar-refractivity contribution is 0.0945. The first kappa shape index (κ1) is 17.5. The molecule has 0 bridgehead atoms. The lowest BCUT2D eigenvalue weighted by Crippen LogP contribution is -2.34. The maximum Gasteiger partial charge on any atom is 0.267 e. The Morgan fingerprint density at radius 3 is 2.93 bits per heavy atom. The number of furan rings is 1. The Labute approximate surface area is 158 Å². The number of nitrogens with one attached hydrogen (secondary N) is 2. The number of carbonyl (C=O) groups excluding carboxylic acids is 1. The molecule has 4 aromatic heterocycles. The van der Waals surface area contributed by atoms with Crippen molar-refractivity contribution in [3.63, 3.8) is 0 Å². The normalized spacial score (nSPS) is 11.0. The second kappa shape index (κ2) is 6.99. The monoisotopic (exact) mass is 375 g/mol. The van der Waals surface area contributed by atoms with Crippen LogP contribution in [-0.2, 0) is 13.1 Å². The molecule has 4 aromatic rings. The van der Waals surface area contributed by atoms with E-state index in [1.54, 1.807) is 42.6 Å². The molecule has 0 atom stereocenters. The van der Waals surface area contributed by atoms with Gasteiger partial charge in [-0.1, -0.05) is 12.1 Å². The summed E-state index contributed by atoms with van der Waals surface area (Å²) in [5.74, 6) is 0.117. The first-order valence-electron chi connectivity index (χ1n) is 8.61. The van der Waals surface area contributed by atoms with E-state index in [9.17, 15) is 9.59 Å². The van der Waals surface area contributed by atoms with Gasteiger partial charge >= 0.3 is 0 Å². The van der Waals surface area contributed by atoms with E-state index in [-0.39, 0.29) is 35.1 Å². The van der Waals surface area contributed by atoms with Crippen molar-refractivity contribution in [2.75, 3.05) is 0 Å². The summed E-state index contributed by atoms with van der Waals surface area (Å²) < 4.78 is 8.12. The number of nitrogens with zero attached hydrogens (tertiary/aromatic N) is 3. The van der Waals surface area contributed by atoms with Crippen molar-refractivity contribution < 1.29 is 9.21 Å². The van der Waals surface area contributed by atoms with Crippen LogP contribution in [0.5, 0.6) is 0 Å². The molecule has 2 N–H and O–H groups in total. The molecule has 8 nitrogen and oxygen atoms in total. The molecule has 4 rings (SSSR count). The number of hydrogen-bond acceptors (Lipinski definition) is 5. The minimum Gasteiger partial charge on any atom is -0.467 e. The molecule has 4 heterocycles. The first-order chi connectivity index (χ1) is 13.6. The van der Waals surface area contributed by atoms with Gasteiger partial charge in [0.1, 0.15) is 22.5 Å². The maximum absolute atomic E-state index is 13.0. The molecule has 0 aliphatic rings. The number of hydrogen-bond donors (Lipinski definition) is 2. The number of pyridine rings is 2. The third kappa shape index (κ3) is 2.90. The zero-order valence-corrected chi connectivity index (χ0v) is 14.9. The van der Waals surface area contributed by atoms with Gasteiger partial charge in [-0.05, 0) is 30.3 Å². The van der Waals surface area contributed by atoms with Gasteiger partial charge in [0.2, 0.25) is 0 Å². The molecule has 1 amide bonds. The van der Waals surface area contributed by atoms with E-state index in [2.05, 4.69) is 16.9 Å². The van der Waals surface area contributed by atoms with E-state index in [0.29, 0.717) is 17.1 Å². The largest absolute Gasteiger partial charge is 0.467 e. The fraction of sp³-hybridized carbons (Fsp3) is 0.100. The van der Waals surface area contributed by atoms with Crippen molar-refractivity contribution in [2.45, 2.75) is 13.1 Å². The van der Waals surface area contributed by atoms with E-state index in [0.717, 1.165) is 0 Å². The molecule has 0 saturated carbocycles. The van der Waals surface area contributed by atoms with E-state index in [4.69, 9.17) is 9.83 Å². The molecule has 28 heavy (non-hydrogen) atoms. The summed E-state index contributed by atoms with van der Waals surface area (Å²) in [6, 6.07) is 10.1. The number of rotatable bonds is 5. The second-order valence-corrected chi connectivity index (χ2v) is 6.15. The molecule has 0 saturated heterocycles. The number of amides is 1. The quantitative estimate of drug-likeness (QED) is 0.410. The van der Waals surface area contributed by atoms with Gasteiger partial charge in [0, 0.05) is 12.7 Å². The first-order valence-corrected chi connectivity index (χ1v) is 8.61. The Balaban J connectivity index is 1.90. The number of allylic oxidation sites excluding steroid dienone is 1. The predicted molar refractivity (Wildman–Crippen MR) is 103 cm³/mol. The van der Waals surface area contributed by atoms with Gasteiger partial charge in [-0.3, -0.25) is 19.4 Å². The molecule has 0 unspecified atom stereocenters. The summed E-state index contributed by atoms with van der Waals surface area (Å²) in [5, 5.41) is 11.4. The fourth-order valence-corrected chi connectivity index (χ4v) is 3.04. The molecular formula is C20H17N5O3. The minimum absolute atomic E-state index is 0.0449. The van der Waals surface area contributed by atoms with Gasteiger partial charge in [0.25, 0.3) is 11.5 Å². The van der Waals surface area contributed by atoms with Crippen LogP contribution in [-0.4, -0.2) is 19.9 Å². The Hall–Kier alpha value is -3.94. The van der Waals surface area contributed by atoms with Gasteiger partial charge in [-0.2, -0.15) is 0 Å². The van der Waals surface area contributed by atoms with Crippen LogP contribution in [0.15, 0.2) is 70.7 Å². The standard InChI is InChI=1S/C20H17N5O3/c1-2-8-25-17(21)14(19(26)22-12-13-6-5-10-28-13)11-15-18(25)23-16-7-3-4-9-24(16)20(15)27/h2-7,9-11,21H,1,8,12H2,(H,22,26). The molecule has 140 valence electrons. The smallest absolute Gasteiger partial charge is 0.267 e. The second-order valence-electron chi connectivity index (χ2n) is 6.15. The van der Waals surface area contributed by atoms with Crippen molar-refractivity contribution in [2.24, 2.45) is 0 Å². The molecule has 0 fully saturated rings. The van der Waals surface area contributed by atoms with Crippen molar-refractivity contribution in [1.82, 2.24) is 19.3 Å². The average Bonchev–Trinajstić information content (AvgIpc) is 3.22. The molecule has 0 aliphatic heterocycles. The highest BCUT2D eigenvalue weighted by molar-refractivity contribution is 5.96. The van der Waals surface area contributed by atoms with Crippen LogP contribution < -0.4 is 16.4 Å². The molecule has 0 aromatic carbocycles. The molecule has 0 radical (unpaired) electrons. The lowest BCUT2D eigenvalue weighted by atomic mass is 10.2. The van der Waals surface area contributed by atoms with Crippen molar-refractivity contribution in [3.8, 4) is 0 Å². The Kier molecular flexibility index (Phi) is 4.36. The zero-order chi connectivity index (χ0) is 19.7. The van der Waals surface area contributed by atoms with Crippen LogP contribution in [0.4, 0.5) is 0 Å². The summed E-state index contributed by atoms with van der Waals surface area (Å²) in [5.41, 5.74) is 0.529. The molecule has 0 aliphatic carbocycles. The number of aromatic nitrogens is 3. The van der Waals surface area contributed by atoms with Crippen LogP contribution in [0.25, 0.3) is 16.7 Å². The summed E-state index contributed by atoms with van der Waals surface area (Å²) >= 11 is 0. The highest BCUT2D eigenvalue weighted by Crippen LogP contribution is 2.10. The molecule has 8 heteroatoms. The lowest BCUT2D eigenvalue weighted by Gasteiger charge is -2.13. The Morgan fingerprint density at radius 1 is 1.32 bits per heavy atom. The van der Waals surface area contributed by atoms with Gasteiger partial charge in [0.05, 0.1) is 23.8 Å². The van der Waals surface area contributed by atoms with Crippen LogP contribution in [0.3, 0.4) is 0 Å². The van der Waals surface area contributed by atoms with E-state index >= 15 is 0 Å². The summed E-state index contributed by atoms with van der Waals surface area (Å²) in [4.78, 5) is 30.2. The number of fused-ring (bicyclic) bond motifs is 2. The predicted octanol–water partition coefficient (Wildman–Crippen LogP) is 1.84. The third-order valence-electron chi connectivity index (χ3n) is 4.38. The van der Waals surface area contributed by atoms with Crippen LogP contribution in [0.1, 0.15) is 16.1 Å². The van der Waals surface area contributed by atoms with Crippen molar-refractivity contribution >= 4 is 22.6 Å². The van der Waals surface area contributed by atoms with E-state index in [1.807, 2.05) is 0 Å². The topological polar surface area (TPSA) is 105 Å². The van der Waals surface area contributed by atoms with E-state index in [1.165, 1.54) is 21.3 Å². The van der Waals surface area contributed by atoms with Gasteiger partial charge in [-0.25, -0.2) is 4.98 Å². The molecule has 0 spiro atoms. The number of carbonyl (C=O) groups is 1. The zero-order valence-electron chi connectivity index (χ0n) is 14.9. The maximum atomic E-state index is 13.0. The highest BCUT2D eigenvalue weighted by Gasteiger charge is 2.17. The SMILES string of the molecule is C=CCn1c(=N)c(C(=O)NCc2ccco2)cc2c(=O)n3ccccc3nc21. The highest BCUT2D eigenvalue weighted by atomic mass is 16.3. The van der Waals surface area contributed by atoms with Gasteiger partial charge < -0.3 is 14.3 Å². The summed E-state index contributed by atoms with van der Waals surface area (Å²) in [6.07, 6.45) is 4.73.